The van der Waals surface area contributed by atoms with E-state index in [2.05, 4.69) is 9.98 Å². The zero-order valence-corrected chi connectivity index (χ0v) is 12.3. The monoisotopic (exact) mass is 266 g/mol. The van der Waals surface area contributed by atoms with Crippen molar-refractivity contribution in [2.24, 2.45) is 4.99 Å². The quantitative estimate of drug-likeness (QED) is 0.621. The third-order valence-corrected chi connectivity index (χ3v) is 3.20. The van der Waals surface area contributed by atoms with Gasteiger partial charge < -0.3 is 0 Å². The van der Waals surface area contributed by atoms with Gasteiger partial charge in [-0.25, -0.2) is 4.98 Å². The van der Waals surface area contributed by atoms with E-state index in [1.165, 1.54) is 6.92 Å². The second-order valence-corrected chi connectivity index (χ2v) is 4.90. The van der Waals surface area contributed by atoms with E-state index in [0.717, 1.165) is 28.2 Å². The summed E-state index contributed by atoms with van der Waals surface area (Å²) in [5, 5.41) is 0. The van der Waals surface area contributed by atoms with Gasteiger partial charge in [-0.2, -0.15) is 0 Å². The molecule has 2 rings (SSSR count). The van der Waals surface area contributed by atoms with Gasteiger partial charge in [0, 0.05) is 6.92 Å². The number of Topliss-reactive ketones (excluding diaryl/α,β-unsaturated/α-hetero) is 1. The van der Waals surface area contributed by atoms with Crippen molar-refractivity contribution in [3.05, 3.63) is 58.9 Å². The molecule has 0 amide bonds. The smallest absolute Gasteiger partial charge is 0.178 e. The maximum atomic E-state index is 11.4. The molecule has 0 saturated carbocycles. The minimum Gasteiger partial charge on any atom is -0.293 e. The number of carbonyl (C=O) groups excluding carboxylic acids is 1. The molecular formula is C17H18N2O. The Morgan fingerprint density at radius 2 is 1.50 bits per heavy atom. The van der Waals surface area contributed by atoms with Crippen LogP contribution >= 0.6 is 0 Å². The molecule has 1 aromatic heterocycles. The summed E-state index contributed by atoms with van der Waals surface area (Å²) in [7, 11) is 0. The fourth-order valence-electron chi connectivity index (χ4n) is 2.04. The number of ketones is 1. The van der Waals surface area contributed by atoms with Crippen LogP contribution in [0.1, 0.15) is 41.2 Å². The first-order chi connectivity index (χ1) is 9.49. The summed E-state index contributed by atoms with van der Waals surface area (Å²) in [6.45, 7) is 7.51. The molecule has 102 valence electrons. The van der Waals surface area contributed by atoms with Gasteiger partial charge in [-0.05, 0) is 44.0 Å². The molecule has 2 aromatic rings. The van der Waals surface area contributed by atoms with E-state index < -0.39 is 0 Å². The molecule has 0 spiro atoms. The van der Waals surface area contributed by atoms with Gasteiger partial charge in [0.2, 0.25) is 0 Å². The number of pyridine rings is 1. The zero-order chi connectivity index (χ0) is 14.7. The number of carbonyl (C=O) groups is 1. The number of aromatic nitrogens is 1. The number of aryl methyl sites for hydroxylation is 2. The van der Waals surface area contributed by atoms with Crippen molar-refractivity contribution in [3.8, 4) is 0 Å². The molecule has 0 N–H and O–H groups in total. The Morgan fingerprint density at radius 3 is 2.10 bits per heavy atom. The Hall–Kier alpha value is -2.29. The lowest BCUT2D eigenvalue weighted by molar-refractivity contribution is 0.101. The first-order valence-corrected chi connectivity index (χ1v) is 6.59. The summed E-state index contributed by atoms with van der Waals surface area (Å²) in [4.78, 5) is 20.4. The van der Waals surface area contributed by atoms with Crippen LogP contribution in [0.5, 0.6) is 0 Å². The van der Waals surface area contributed by atoms with E-state index >= 15 is 0 Å². The molecule has 0 saturated heterocycles. The van der Waals surface area contributed by atoms with Crippen molar-refractivity contribution in [3.63, 3.8) is 0 Å². The second-order valence-electron chi connectivity index (χ2n) is 4.90. The summed E-state index contributed by atoms with van der Waals surface area (Å²) >= 11 is 0. The zero-order valence-electron chi connectivity index (χ0n) is 12.3. The van der Waals surface area contributed by atoms with Gasteiger partial charge in [0.1, 0.15) is 5.69 Å². The lowest BCUT2D eigenvalue weighted by atomic mass is 10.1. The number of hydrogen-bond acceptors (Lipinski definition) is 3. The normalized spacial score (nSPS) is 11.5. The van der Waals surface area contributed by atoms with Crippen molar-refractivity contribution in [1.82, 2.24) is 4.98 Å². The molecule has 1 heterocycles. The molecule has 0 fully saturated rings. The van der Waals surface area contributed by atoms with Gasteiger partial charge in [-0.1, -0.05) is 24.3 Å². The molecule has 0 aliphatic heterocycles. The molecule has 3 heteroatoms. The minimum absolute atomic E-state index is 0.0354. The fourth-order valence-corrected chi connectivity index (χ4v) is 2.04. The van der Waals surface area contributed by atoms with E-state index in [4.69, 9.17) is 0 Å². The lowest BCUT2D eigenvalue weighted by Gasteiger charge is -2.07. The molecule has 0 bridgehead atoms. The summed E-state index contributed by atoms with van der Waals surface area (Å²) < 4.78 is 0. The van der Waals surface area contributed by atoms with E-state index in [9.17, 15) is 4.79 Å². The SMILES string of the molecule is CC(=O)c1cccc(/C(C)=N/c2c(C)cccc2C)n1. The van der Waals surface area contributed by atoms with Gasteiger partial charge in [0.05, 0.1) is 17.1 Å². The molecule has 0 unspecified atom stereocenters. The molecule has 0 aliphatic rings. The average Bonchev–Trinajstić information content (AvgIpc) is 2.43. The third kappa shape index (κ3) is 2.99. The molecular weight excluding hydrogens is 248 g/mol. The predicted octanol–water partition coefficient (Wildman–Crippen LogP) is 4.04. The van der Waals surface area contributed by atoms with Crippen molar-refractivity contribution < 1.29 is 4.79 Å². The third-order valence-electron chi connectivity index (χ3n) is 3.20. The second kappa shape index (κ2) is 5.78. The summed E-state index contributed by atoms with van der Waals surface area (Å²) in [5.74, 6) is -0.0354. The van der Waals surface area contributed by atoms with Gasteiger partial charge >= 0.3 is 0 Å². The molecule has 0 atom stereocenters. The highest BCUT2D eigenvalue weighted by Gasteiger charge is 2.06. The number of para-hydroxylation sites is 1. The maximum Gasteiger partial charge on any atom is 0.178 e. The van der Waals surface area contributed by atoms with Crippen LogP contribution in [0.3, 0.4) is 0 Å². The van der Waals surface area contributed by atoms with E-state index in [-0.39, 0.29) is 5.78 Å². The van der Waals surface area contributed by atoms with Crippen LogP contribution in [0.4, 0.5) is 5.69 Å². The molecule has 20 heavy (non-hydrogen) atoms. The first-order valence-electron chi connectivity index (χ1n) is 6.59. The van der Waals surface area contributed by atoms with Crippen LogP contribution in [-0.4, -0.2) is 16.5 Å². The van der Waals surface area contributed by atoms with Crippen LogP contribution in [0.2, 0.25) is 0 Å². The highest BCUT2D eigenvalue weighted by molar-refractivity contribution is 6.00. The van der Waals surface area contributed by atoms with Crippen molar-refractivity contribution >= 4 is 17.2 Å². The van der Waals surface area contributed by atoms with Gasteiger partial charge in [-0.15, -0.1) is 0 Å². The fraction of sp³-hybridized carbons (Fsp3) is 0.235. The first kappa shape index (κ1) is 14.1. The number of hydrogen-bond donors (Lipinski definition) is 0. The van der Waals surface area contributed by atoms with Crippen LogP contribution in [0.25, 0.3) is 0 Å². The van der Waals surface area contributed by atoms with Crippen LogP contribution < -0.4 is 0 Å². The van der Waals surface area contributed by atoms with E-state index in [0.29, 0.717) is 5.69 Å². The number of aliphatic imine (C=N–C) groups is 1. The van der Waals surface area contributed by atoms with Crippen LogP contribution in [0, 0.1) is 13.8 Å². The average molecular weight is 266 g/mol. The standard InChI is InChI=1S/C17H18N2O/c1-11-7-5-8-12(2)17(11)18-13(3)15-9-6-10-16(19-15)14(4)20/h5-10H,1-4H3/b18-13+. The Balaban J connectivity index is 2.45. The summed E-state index contributed by atoms with van der Waals surface area (Å²) in [6, 6.07) is 11.5. The number of rotatable bonds is 3. The van der Waals surface area contributed by atoms with Gasteiger partial charge in [-0.3, -0.25) is 9.79 Å². The highest BCUT2D eigenvalue weighted by Crippen LogP contribution is 2.23. The van der Waals surface area contributed by atoms with Gasteiger partial charge in [0.25, 0.3) is 0 Å². The van der Waals surface area contributed by atoms with E-state index in [1.807, 2.05) is 51.1 Å². The van der Waals surface area contributed by atoms with E-state index in [1.54, 1.807) is 6.07 Å². The molecule has 3 nitrogen and oxygen atoms in total. The Bertz CT molecular complexity index is 667. The van der Waals surface area contributed by atoms with Crippen molar-refractivity contribution in [2.45, 2.75) is 27.7 Å². The molecule has 1 aromatic carbocycles. The van der Waals surface area contributed by atoms with Crippen molar-refractivity contribution in [2.75, 3.05) is 0 Å². The highest BCUT2D eigenvalue weighted by atomic mass is 16.1. The molecule has 0 aliphatic carbocycles. The summed E-state index contributed by atoms with van der Waals surface area (Å²) in [5.41, 5.74) is 5.25. The minimum atomic E-state index is -0.0354. The topological polar surface area (TPSA) is 42.3 Å². The largest absolute Gasteiger partial charge is 0.293 e. The number of nitrogens with zero attached hydrogens (tertiary/aromatic N) is 2. The Kier molecular flexibility index (Phi) is 4.08. The lowest BCUT2D eigenvalue weighted by Crippen LogP contribution is -2.04. The number of benzene rings is 1. The maximum absolute atomic E-state index is 11.4. The molecule has 0 radical (unpaired) electrons. The van der Waals surface area contributed by atoms with Crippen LogP contribution in [-0.2, 0) is 0 Å². The summed E-state index contributed by atoms with van der Waals surface area (Å²) in [6.07, 6.45) is 0. The van der Waals surface area contributed by atoms with Crippen LogP contribution in [0.15, 0.2) is 41.4 Å². The van der Waals surface area contributed by atoms with Gasteiger partial charge in [0.15, 0.2) is 5.78 Å². The predicted molar refractivity (Wildman–Crippen MR) is 82.0 cm³/mol. The van der Waals surface area contributed by atoms with Crippen molar-refractivity contribution in [1.29, 1.82) is 0 Å². The Labute approximate surface area is 119 Å². The Morgan fingerprint density at radius 1 is 0.950 bits per heavy atom.